The van der Waals surface area contributed by atoms with Gasteiger partial charge in [-0.1, -0.05) is 24.8 Å². The van der Waals surface area contributed by atoms with Crippen LogP contribution in [0.4, 0.5) is 0 Å². The maximum Gasteiger partial charge on any atom is 0.119 e. The highest BCUT2D eigenvalue weighted by Gasteiger charge is 1.93. The second-order valence-corrected chi connectivity index (χ2v) is 3.41. The Morgan fingerprint density at radius 1 is 1.13 bits per heavy atom. The molecule has 0 saturated heterocycles. The third kappa shape index (κ3) is 4.66. The van der Waals surface area contributed by atoms with Gasteiger partial charge in [-0.3, -0.25) is 0 Å². The Bertz CT molecular complexity index is 277. The van der Waals surface area contributed by atoms with Gasteiger partial charge in [0, 0.05) is 6.61 Å². The van der Waals surface area contributed by atoms with Crippen LogP contribution in [0.2, 0.25) is 0 Å². The van der Waals surface area contributed by atoms with Crippen molar-refractivity contribution >= 4 is 6.08 Å². The first-order valence-corrected chi connectivity index (χ1v) is 5.33. The van der Waals surface area contributed by atoms with Gasteiger partial charge in [0.2, 0.25) is 0 Å². The van der Waals surface area contributed by atoms with Crippen LogP contribution in [-0.2, 0) is 0 Å². The maximum absolute atomic E-state index is 8.59. The molecule has 2 nitrogen and oxygen atoms in total. The summed E-state index contributed by atoms with van der Waals surface area (Å²) in [5.74, 6) is 0.893. The average Bonchev–Trinajstić information content (AvgIpc) is 2.30. The molecule has 0 bridgehead atoms. The molecular weight excluding hydrogens is 188 g/mol. The van der Waals surface area contributed by atoms with Gasteiger partial charge in [0.15, 0.2) is 0 Å². The van der Waals surface area contributed by atoms with E-state index < -0.39 is 0 Å². The normalized spacial score (nSPS) is 9.93. The van der Waals surface area contributed by atoms with Crippen LogP contribution in [0.15, 0.2) is 30.8 Å². The summed E-state index contributed by atoms with van der Waals surface area (Å²) in [6.45, 7) is 4.68. The van der Waals surface area contributed by atoms with E-state index in [0.717, 1.165) is 30.6 Å². The number of benzene rings is 1. The molecular formula is C13H18O2. The number of ether oxygens (including phenoxy) is 1. The molecule has 2 heteroatoms. The number of hydrogen-bond acceptors (Lipinski definition) is 2. The van der Waals surface area contributed by atoms with Gasteiger partial charge < -0.3 is 9.84 Å². The molecule has 0 spiro atoms. The highest BCUT2D eigenvalue weighted by atomic mass is 16.5. The Balaban J connectivity index is 2.22. The molecule has 0 heterocycles. The monoisotopic (exact) mass is 206 g/mol. The fraction of sp³-hybridized carbons (Fsp3) is 0.385. The van der Waals surface area contributed by atoms with Crippen molar-refractivity contribution in [3.8, 4) is 5.75 Å². The van der Waals surface area contributed by atoms with Gasteiger partial charge in [-0.2, -0.15) is 0 Å². The molecule has 0 aliphatic carbocycles. The summed E-state index contributed by atoms with van der Waals surface area (Å²) in [5, 5.41) is 8.59. The van der Waals surface area contributed by atoms with Crippen LogP contribution in [0.3, 0.4) is 0 Å². The number of aliphatic hydroxyl groups excluding tert-OH is 1. The van der Waals surface area contributed by atoms with Crippen LogP contribution < -0.4 is 4.74 Å². The van der Waals surface area contributed by atoms with Crippen LogP contribution in [0.25, 0.3) is 6.08 Å². The van der Waals surface area contributed by atoms with E-state index in [9.17, 15) is 0 Å². The molecule has 0 atom stereocenters. The SMILES string of the molecule is C=Cc1ccc(OCCCCCO)cc1. The fourth-order valence-electron chi connectivity index (χ4n) is 1.28. The highest BCUT2D eigenvalue weighted by Crippen LogP contribution is 2.13. The van der Waals surface area contributed by atoms with Gasteiger partial charge >= 0.3 is 0 Å². The molecule has 0 amide bonds. The van der Waals surface area contributed by atoms with Gasteiger partial charge in [-0.15, -0.1) is 0 Å². The van der Waals surface area contributed by atoms with Crippen molar-refractivity contribution < 1.29 is 9.84 Å². The Labute approximate surface area is 91.2 Å². The van der Waals surface area contributed by atoms with Gasteiger partial charge in [-0.05, 0) is 37.0 Å². The van der Waals surface area contributed by atoms with E-state index in [1.165, 1.54) is 0 Å². The Hall–Kier alpha value is -1.28. The summed E-state index contributed by atoms with van der Waals surface area (Å²) in [7, 11) is 0. The van der Waals surface area contributed by atoms with Crippen molar-refractivity contribution in [2.75, 3.05) is 13.2 Å². The second-order valence-electron chi connectivity index (χ2n) is 3.41. The molecule has 1 aromatic rings. The minimum Gasteiger partial charge on any atom is -0.494 e. The number of hydrogen-bond donors (Lipinski definition) is 1. The van der Waals surface area contributed by atoms with Crippen molar-refractivity contribution in [2.45, 2.75) is 19.3 Å². The van der Waals surface area contributed by atoms with Gasteiger partial charge in [-0.25, -0.2) is 0 Å². The molecule has 0 aliphatic rings. The van der Waals surface area contributed by atoms with E-state index in [4.69, 9.17) is 9.84 Å². The zero-order chi connectivity index (χ0) is 10.9. The summed E-state index contributed by atoms with van der Waals surface area (Å²) in [4.78, 5) is 0. The number of unbranched alkanes of at least 4 members (excludes halogenated alkanes) is 2. The van der Waals surface area contributed by atoms with Gasteiger partial charge in [0.05, 0.1) is 6.61 Å². The summed E-state index contributed by atoms with van der Waals surface area (Å²) in [6.07, 6.45) is 4.68. The lowest BCUT2D eigenvalue weighted by Crippen LogP contribution is -1.97. The molecule has 0 aliphatic heterocycles. The topological polar surface area (TPSA) is 29.5 Å². The first kappa shape index (κ1) is 11.8. The first-order chi connectivity index (χ1) is 7.36. The Morgan fingerprint density at radius 2 is 1.87 bits per heavy atom. The van der Waals surface area contributed by atoms with E-state index >= 15 is 0 Å². The summed E-state index contributed by atoms with van der Waals surface area (Å²) < 4.78 is 5.54. The molecule has 0 radical (unpaired) electrons. The minimum absolute atomic E-state index is 0.272. The first-order valence-electron chi connectivity index (χ1n) is 5.33. The predicted molar refractivity (Wildman–Crippen MR) is 63.0 cm³/mol. The van der Waals surface area contributed by atoms with E-state index in [1.54, 1.807) is 0 Å². The molecule has 0 unspecified atom stereocenters. The molecule has 0 fully saturated rings. The van der Waals surface area contributed by atoms with Crippen molar-refractivity contribution in [1.82, 2.24) is 0 Å². The van der Waals surface area contributed by atoms with Gasteiger partial charge in [0.25, 0.3) is 0 Å². The van der Waals surface area contributed by atoms with Crippen molar-refractivity contribution in [3.63, 3.8) is 0 Å². The quantitative estimate of drug-likeness (QED) is 0.695. The Kier molecular flexibility index (Phi) is 5.56. The fourth-order valence-corrected chi connectivity index (χ4v) is 1.28. The highest BCUT2D eigenvalue weighted by molar-refractivity contribution is 5.48. The lowest BCUT2D eigenvalue weighted by molar-refractivity contribution is 0.266. The molecule has 0 saturated carbocycles. The summed E-state index contributed by atoms with van der Waals surface area (Å²) >= 11 is 0. The van der Waals surface area contributed by atoms with E-state index in [1.807, 2.05) is 30.3 Å². The van der Waals surface area contributed by atoms with Crippen LogP contribution in [0, 0.1) is 0 Å². The average molecular weight is 206 g/mol. The largest absolute Gasteiger partial charge is 0.494 e. The standard InChI is InChI=1S/C13H18O2/c1-2-12-6-8-13(9-7-12)15-11-5-3-4-10-14/h2,6-9,14H,1,3-5,10-11H2. The maximum atomic E-state index is 8.59. The van der Waals surface area contributed by atoms with Crippen LogP contribution in [0.5, 0.6) is 5.75 Å². The lowest BCUT2D eigenvalue weighted by atomic mass is 10.2. The number of rotatable bonds is 7. The van der Waals surface area contributed by atoms with Crippen LogP contribution >= 0.6 is 0 Å². The number of aliphatic hydroxyl groups is 1. The molecule has 0 aromatic heterocycles. The summed E-state index contributed by atoms with van der Waals surface area (Å²) in [6, 6.07) is 7.86. The van der Waals surface area contributed by atoms with Crippen molar-refractivity contribution in [1.29, 1.82) is 0 Å². The molecule has 1 N–H and O–H groups in total. The zero-order valence-corrected chi connectivity index (χ0v) is 8.98. The third-order valence-electron chi connectivity index (χ3n) is 2.19. The molecule has 1 rings (SSSR count). The van der Waals surface area contributed by atoms with Crippen molar-refractivity contribution in [3.05, 3.63) is 36.4 Å². The minimum atomic E-state index is 0.272. The summed E-state index contributed by atoms with van der Waals surface area (Å²) in [5.41, 5.74) is 1.10. The molecule has 82 valence electrons. The van der Waals surface area contributed by atoms with Crippen molar-refractivity contribution in [2.24, 2.45) is 0 Å². The molecule has 1 aromatic carbocycles. The zero-order valence-electron chi connectivity index (χ0n) is 8.98. The van der Waals surface area contributed by atoms with Crippen LogP contribution in [0.1, 0.15) is 24.8 Å². The predicted octanol–water partition coefficient (Wildman–Crippen LogP) is 2.87. The van der Waals surface area contributed by atoms with Gasteiger partial charge in [0.1, 0.15) is 5.75 Å². The smallest absolute Gasteiger partial charge is 0.119 e. The second kappa shape index (κ2) is 7.07. The van der Waals surface area contributed by atoms with E-state index in [-0.39, 0.29) is 6.61 Å². The lowest BCUT2D eigenvalue weighted by Gasteiger charge is -2.05. The third-order valence-corrected chi connectivity index (χ3v) is 2.19. The van der Waals surface area contributed by atoms with E-state index in [2.05, 4.69) is 6.58 Å². The van der Waals surface area contributed by atoms with Crippen LogP contribution in [-0.4, -0.2) is 18.3 Å². The van der Waals surface area contributed by atoms with E-state index in [0.29, 0.717) is 6.61 Å². The Morgan fingerprint density at radius 3 is 2.47 bits per heavy atom. The molecule has 15 heavy (non-hydrogen) atoms.